The molecule has 0 spiro atoms. The smallest absolute Gasteiger partial charge is 0.258 e. The van der Waals surface area contributed by atoms with Gasteiger partial charge in [0.25, 0.3) is 5.89 Å². The Hall–Kier alpha value is -2.35. The molecule has 2 aromatic heterocycles. The second-order valence-electron chi connectivity index (χ2n) is 6.26. The van der Waals surface area contributed by atoms with Gasteiger partial charge in [-0.15, -0.1) is 0 Å². The zero-order valence-electron chi connectivity index (χ0n) is 13.1. The van der Waals surface area contributed by atoms with Crippen molar-refractivity contribution in [3.05, 3.63) is 51.8 Å². The Balaban J connectivity index is 1.51. The van der Waals surface area contributed by atoms with E-state index >= 15 is 0 Å². The van der Waals surface area contributed by atoms with Crippen LogP contribution in [-0.4, -0.2) is 15.2 Å². The summed E-state index contributed by atoms with van der Waals surface area (Å²) in [6.45, 7) is 0. The Kier molecular flexibility index (Phi) is 3.34. The molecule has 1 aliphatic rings. The molecule has 0 bridgehead atoms. The molecule has 0 atom stereocenters. The summed E-state index contributed by atoms with van der Waals surface area (Å²) >= 11 is 2.07. The van der Waals surface area contributed by atoms with Gasteiger partial charge in [0.05, 0.1) is 3.57 Å². The lowest BCUT2D eigenvalue weighted by Crippen LogP contribution is -1.83. The SMILES string of the molecule is Oc1ccc(-c2noc(-c3ccc4oc(C5CC5)cc4c3)n2)cc1I. The maximum absolute atomic E-state index is 9.64. The zero-order chi connectivity index (χ0) is 17.0. The van der Waals surface area contributed by atoms with Crippen molar-refractivity contribution >= 4 is 33.6 Å². The minimum Gasteiger partial charge on any atom is -0.507 e. The largest absolute Gasteiger partial charge is 0.507 e. The Labute approximate surface area is 156 Å². The summed E-state index contributed by atoms with van der Waals surface area (Å²) in [4.78, 5) is 4.49. The Morgan fingerprint density at radius 3 is 2.68 bits per heavy atom. The predicted molar refractivity (Wildman–Crippen MR) is 101 cm³/mol. The van der Waals surface area contributed by atoms with Gasteiger partial charge in [-0.1, -0.05) is 5.16 Å². The van der Waals surface area contributed by atoms with Crippen molar-refractivity contribution in [2.75, 3.05) is 0 Å². The Morgan fingerprint density at radius 2 is 1.88 bits per heavy atom. The molecule has 0 amide bonds. The lowest BCUT2D eigenvalue weighted by Gasteiger charge is -1.98. The molecular formula is C19H13IN2O3. The van der Waals surface area contributed by atoms with Crippen molar-refractivity contribution in [3.63, 3.8) is 0 Å². The van der Waals surface area contributed by atoms with Gasteiger partial charge in [-0.2, -0.15) is 4.98 Å². The molecule has 0 aliphatic heterocycles. The van der Waals surface area contributed by atoms with Gasteiger partial charge >= 0.3 is 0 Å². The molecule has 0 radical (unpaired) electrons. The van der Waals surface area contributed by atoms with E-state index < -0.39 is 0 Å². The molecule has 0 unspecified atom stereocenters. The first kappa shape index (κ1) is 14.9. The third-order valence-corrected chi connectivity index (χ3v) is 5.26. The number of hydrogen-bond donors (Lipinski definition) is 1. The maximum atomic E-state index is 9.64. The quantitative estimate of drug-likeness (QED) is 0.432. The van der Waals surface area contributed by atoms with Crippen LogP contribution in [0.25, 0.3) is 33.8 Å². The van der Waals surface area contributed by atoms with Crippen molar-refractivity contribution in [1.82, 2.24) is 10.1 Å². The highest BCUT2D eigenvalue weighted by molar-refractivity contribution is 14.1. The highest BCUT2D eigenvalue weighted by Crippen LogP contribution is 2.42. The fraction of sp³-hybridized carbons (Fsp3) is 0.158. The molecule has 5 nitrogen and oxygen atoms in total. The molecule has 4 aromatic rings. The third-order valence-electron chi connectivity index (χ3n) is 4.39. The molecule has 6 heteroatoms. The minimum atomic E-state index is 0.241. The molecule has 1 N–H and O–H groups in total. The van der Waals surface area contributed by atoms with E-state index in [1.165, 1.54) is 12.8 Å². The summed E-state index contributed by atoms with van der Waals surface area (Å²) in [6, 6.07) is 13.2. The number of benzene rings is 2. The number of aromatic hydroxyl groups is 1. The lowest BCUT2D eigenvalue weighted by atomic mass is 10.1. The second-order valence-corrected chi connectivity index (χ2v) is 7.43. The number of rotatable bonds is 3. The first-order valence-corrected chi connectivity index (χ1v) is 9.12. The average molecular weight is 444 g/mol. The van der Waals surface area contributed by atoms with Gasteiger partial charge in [0, 0.05) is 22.4 Å². The number of hydrogen-bond acceptors (Lipinski definition) is 5. The number of phenolic OH excluding ortho intramolecular Hbond substituents is 1. The predicted octanol–water partition coefficient (Wildman–Crippen LogP) is 5.34. The molecule has 2 heterocycles. The molecule has 124 valence electrons. The van der Waals surface area contributed by atoms with Crippen molar-refractivity contribution < 1.29 is 14.0 Å². The highest BCUT2D eigenvalue weighted by Gasteiger charge is 2.27. The van der Waals surface area contributed by atoms with E-state index in [2.05, 4.69) is 38.8 Å². The van der Waals surface area contributed by atoms with Gasteiger partial charge in [0.1, 0.15) is 17.1 Å². The number of halogens is 1. The first-order valence-electron chi connectivity index (χ1n) is 8.04. The van der Waals surface area contributed by atoms with Crippen LogP contribution in [0.15, 0.2) is 51.4 Å². The molecule has 25 heavy (non-hydrogen) atoms. The highest BCUT2D eigenvalue weighted by atomic mass is 127. The minimum absolute atomic E-state index is 0.241. The molecule has 0 saturated heterocycles. The first-order chi connectivity index (χ1) is 12.2. The molecule has 1 aliphatic carbocycles. The molecule has 2 aromatic carbocycles. The van der Waals surface area contributed by atoms with Crippen LogP contribution in [0, 0.1) is 3.57 Å². The van der Waals surface area contributed by atoms with Crippen LogP contribution >= 0.6 is 22.6 Å². The van der Waals surface area contributed by atoms with Crippen LogP contribution in [0.1, 0.15) is 24.5 Å². The fourth-order valence-electron chi connectivity index (χ4n) is 2.87. The van der Waals surface area contributed by atoms with E-state index in [4.69, 9.17) is 8.94 Å². The van der Waals surface area contributed by atoms with Crippen LogP contribution in [-0.2, 0) is 0 Å². The van der Waals surface area contributed by atoms with Gasteiger partial charge in [-0.3, -0.25) is 0 Å². The van der Waals surface area contributed by atoms with Crippen LogP contribution in [0.3, 0.4) is 0 Å². The number of phenols is 1. The van der Waals surface area contributed by atoms with E-state index in [0.29, 0.717) is 17.6 Å². The van der Waals surface area contributed by atoms with Crippen molar-refractivity contribution in [3.8, 4) is 28.6 Å². The summed E-state index contributed by atoms with van der Waals surface area (Å²) in [7, 11) is 0. The van der Waals surface area contributed by atoms with E-state index in [0.717, 1.165) is 31.4 Å². The van der Waals surface area contributed by atoms with Gasteiger partial charge < -0.3 is 14.0 Å². The normalized spacial score (nSPS) is 14.3. The van der Waals surface area contributed by atoms with E-state index in [1.807, 2.05) is 24.3 Å². The average Bonchev–Trinajstić information content (AvgIpc) is 3.19. The van der Waals surface area contributed by atoms with Gasteiger partial charge in [-0.25, -0.2) is 0 Å². The monoisotopic (exact) mass is 444 g/mol. The molecule has 5 rings (SSSR count). The molecule has 1 fully saturated rings. The van der Waals surface area contributed by atoms with Crippen LogP contribution in [0.4, 0.5) is 0 Å². The summed E-state index contributed by atoms with van der Waals surface area (Å²) in [5.41, 5.74) is 2.55. The van der Waals surface area contributed by atoms with Crippen molar-refractivity contribution in [1.29, 1.82) is 0 Å². The fourth-order valence-corrected chi connectivity index (χ4v) is 3.39. The Bertz CT molecular complexity index is 1100. The van der Waals surface area contributed by atoms with Gasteiger partial charge in [0.2, 0.25) is 5.82 Å². The van der Waals surface area contributed by atoms with Crippen LogP contribution in [0.2, 0.25) is 0 Å². The third kappa shape index (κ3) is 2.70. The zero-order valence-corrected chi connectivity index (χ0v) is 15.2. The standard InChI is InChI=1S/C19H13IN2O3/c20-14-8-11(3-5-15(14)23)18-21-19(25-22-18)12-4-6-16-13(7-12)9-17(24-16)10-1-2-10/h3-10,23H,1-2H2. The lowest BCUT2D eigenvalue weighted by molar-refractivity contribution is 0.432. The van der Waals surface area contributed by atoms with Gasteiger partial charge in [-0.05, 0) is 77.9 Å². The summed E-state index contributed by atoms with van der Waals surface area (Å²) in [6.07, 6.45) is 2.43. The van der Waals surface area contributed by atoms with E-state index in [9.17, 15) is 5.11 Å². The molecular weight excluding hydrogens is 431 g/mol. The van der Waals surface area contributed by atoms with Crippen LogP contribution < -0.4 is 0 Å². The van der Waals surface area contributed by atoms with Gasteiger partial charge in [0.15, 0.2) is 0 Å². The topological polar surface area (TPSA) is 72.3 Å². The molecule has 1 saturated carbocycles. The maximum Gasteiger partial charge on any atom is 0.258 e. The number of nitrogens with zero attached hydrogens (tertiary/aromatic N) is 2. The number of furan rings is 1. The van der Waals surface area contributed by atoms with E-state index in [1.54, 1.807) is 12.1 Å². The summed E-state index contributed by atoms with van der Waals surface area (Å²) in [5.74, 6) is 2.86. The summed E-state index contributed by atoms with van der Waals surface area (Å²) in [5, 5.41) is 14.8. The van der Waals surface area contributed by atoms with E-state index in [-0.39, 0.29) is 5.75 Å². The number of aromatic nitrogens is 2. The van der Waals surface area contributed by atoms with Crippen molar-refractivity contribution in [2.24, 2.45) is 0 Å². The second kappa shape index (κ2) is 5.59. The summed E-state index contributed by atoms with van der Waals surface area (Å²) < 4.78 is 12.1. The Morgan fingerprint density at radius 1 is 1.04 bits per heavy atom. The van der Waals surface area contributed by atoms with Crippen molar-refractivity contribution in [2.45, 2.75) is 18.8 Å². The number of fused-ring (bicyclic) bond motifs is 1. The van der Waals surface area contributed by atoms with Crippen LogP contribution in [0.5, 0.6) is 5.75 Å².